The summed E-state index contributed by atoms with van der Waals surface area (Å²) in [5.41, 5.74) is 3.40. The molecule has 3 aromatic rings. The minimum absolute atomic E-state index is 0.0168. The largest absolute Gasteiger partial charge is 0.395 e. The number of pyridine rings is 1. The molecule has 0 unspecified atom stereocenters. The summed E-state index contributed by atoms with van der Waals surface area (Å²) in [4.78, 5) is 6.69. The molecule has 0 aliphatic carbocycles. The summed E-state index contributed by atoms with van der Waals surface area (Å²) in [6.07, 6.45) is 1.93. The summed E-state index contributed by atoms with van der Waals surface area (Å²) in [5.74, 6) is 0. The van der Waals surface area contributed by atoms with Crippen molar-refractivity contribution in [3.63, 3.8) is 0 Å². The monoisotopic (exact) mass is 349 g/mol. The number of hydrogen-bond acceptors (Lipinski definition) is 5. The molecule has 0 aliphatic rings. The van der Waals surface area contributed by atoms with Crippen LogP contribution in [0.5, 0.6) is 0 Å². The van der Waals surface area contributed by atoms with Crippen molar-refractivity contribution >= 4 is 28.4 Å². The molecule has 0 saturated heterocycles. The number of nitrogens with zero attached hydrogens (tertiary/aromatic N) is 3. The molecule has 0 aliphatic heterocycles. The van der Waals surface area contributed by atoms with Crippen LogP contribution in [0.15, 0.2) is 59.6 Å². The van der Waals surface area contributed by atoms with E-state index >= 15 is 0 Å². The highest BCUT2D eigenvalue weighted by molar-refractivity contribution is 7.98. The lowest BCUT2D eigenvalue weighted by Gasteiger charge is -2.27. The van der Waals surface area contributed by atoms with Gasteiger partial charge in [-0.1, -0.05) is 48.5 Å². The second kappa shape index (κ2) is 8.02. The fourth-order valence-corrected chi connectivity index (χ4v) is 3.48. The van der Waals surface area contributed by atoms with Gasteiger partial charge >= 0.3 is 0 Å². The topological polar surface area (TPSA) is 60.1 Å². The molecule has 25 heavy (non-hydrogen) atoms. The first-order valence-corrected chi connectivity index (χ1v) is 9.27. The van der Waals surface area contributed by atoms with Crippen molar-refractivity contribution < 1.29 is 5.11 Å². The molecule has 0 fully saturated rings. The van der Waals surface area contributed by atoms with Crippen molar-refractivity contribution in [2.75, 3.05) is 24.3 Å². The highest BCUT2D eigenvalue weighted by Gasteiger charge is 2.20. The van der Waals surface area contributed by atoms with Gasteiger partial charge in [-0.25, -0.2) is 4.98 Å². The highest BCUT2D eigenvalue weighted by Crippen LogP contribution is 2.35. The minimum Gasteiger partial charge on any atom is -0.395 e. The van der Waals surface area contributed by atoms with Crippen LogP contribution in [0.1, 0.15) is 11.1 Å². The van der Waals surface area contributed by atoms with Gasteiger partial charge in [-0.15, -0.1) is 11.8 Å². The van der Waals surface area contributed by atoms with Gasteiger partial charge in [0.1, 0.15) is 16.7 Å². The average Bonchev–Trinajstić information content (AvgIpc) is 2.66. The van der Waals surface area contributed by atoms with Crippen molar-refractivity contribution in [3.05, 3.63) is 65.7 Å². The molecule has 0 bridgehead atoms. The Morgan fingerprint density at radius 1 is 1.12 bits per heavy atom. The molecule has 1 aromatic heterocycles. The number of para-hydroxylation sites is 1. The summed E-state index contributed by atoms with van der Waals surface area (Å²) in [6, 6.07) is 20.2. The standard InChI is InChI=1S/C20H19N3OS/c1-25-20-17(13-21)19(16-9-5-6-10-18(16)22-20)23(11-12-24)14-15-7-3-2-4-8-15/h2-10,24H,11-12,14H2,1H3. The van der Waals surface area contributed by atoms with Gasteiger partial charge in [0, 0.05) is 18.5 Å². The summed E-state index contributed by atoms with van der Waals surface area (Å²) in [5, 5.41) is 21.0. The Bertz CT molecular complexity index is 906. The molecule has 2 aromatic carbocycles. The summed E-state index contributed by atoms with van der Waals surface area (Å²) < 4.78 is 0. The molecule has 0 amide bonds. The van der Waals surface area contributed by atoms with Gasteiger partial charge in [-0.05, 0) is 17.9 Å². The van der Waals surface area contributed by atoms with Crippen molar-refractivity contribution in [1.82, 2.24) is 4.98 Å². The number of benzene rings is 2. The zero-order valence-electron chi connectivity index (χ0n) is 14.0. The first kappa shape index (κ1) is 17.3. The molecule has 1 N–H and O–H groups in total. The second-order valence-corrected chi connectivity index (χ2v) is 6.40. The summed E-state index contributed by atoms with van der Waals surface area (Å²) >= 11 is 1.47. The van der Waals surface area contributed by atoms with E-state index in [1.54, 1.807) is 0 Å². The van der Waals surface area contributed by atoms with Crippen LogP contribution in [-0.2, 0) is 6.54 Å². The van der Waals surface area contributed by atoms with E-state index in [9.17, 15) is 10.4 Å². The van der Waals surface area contributed by atoms with Gasteiger partial charge in [0.15, 0.2) is 0 Å². The Morgan fingerprint density at radius 3 is 2.52 bits per heavy atom. The molecule has 5 heteroatoms. The van der Waals surface area contributed by atoms with Crippen LogP contribution in [0.2, 0.25) is 0 Å². The van der Waals surface area contributed by atoms with Gasteiger partial charge in [0.25, 0.3) is 0 Å². The van der Waals surface area contributed by atoms with Crippen LogP contribution < -0.4 is 4.90 Å². The Hall–Kier alpha value is -2.55. The van der Waals surface area contributed by atoms with Gasteiger partial charge in [-0.2, -0.15) is 5.26 Å². The maximum Gasteiger partial charge on any atom is 0.116 e. The fraction of sp³-hybridized carbons (Fsp3) is 0.200. The Labute approximate surface area is 151 Å². The number of hydrogen-bond donors (Lipinski definition) is 1. The van der Waals surface area contributed by atoms with Crippen molar-refractivity contribution in [2.45, 2.75) is 11.6 Å². The molecule has 126 valence electrons. The van der Waals surface area contributed by atoms with E-state index in [0.717, 1.165) is 22.2 Å². The van der Waals surface area contributed by atoms with E-state index in [-0.39, 0.29) is 6.61 Å². The first-order valence-electron chi connectivity index (χ1n) is 8.05. The summed E-state index contributed by atoms with van der Waals surface area (Å²) in [7, 11) is 0. The van der Waals surface area contributed by atoms with Crippen LogP contribution >= 0.6 is 11.8 Å². The van der Waals surface area contributed by atoms with Crippen LogP contribution in [0, 0.1) is 11.3 Å². The molecule has 0 spiro atoms. The van der Waals surface area contributed by atoms with Crippen molar-refractivity contribution in [3.8, 4) is 6.07 Å². The Balaban J connectivity index is 2.20. The van der Waals surface area contributed by atoms with E-state index in [4.69, 9.17) is 0 Å². The van der Waals surface area contributed by atoms with Gasteiger partial charge in [0.2, 0.25) is 0 Å². The minimum atomic E-state index is 0.0168. The van der Waals surface area contributed by atoms with E-state index in [2.05, 4.69) is 28.1 Å². The SMILES string of the molecule is CSc1nc2ccccc2c(N(CCO)Cc2ccccc2)c1C#N. The molecule has 0 atom stereocenters. The van der Waals surface area contributed by atoms with Gasteiger partial charge in [-0.3, -0.25) is 0 Å². The zero-order valence-corrected chi connectivity index (χ0v) is 14.8. The number of nitriles is 1. The van der Waals surface area contributed by atoms with Gasteiger partial charge in [0.05, 0.1) is 17.8 Å². The van der Waals surface area contributed by atoms with Crippen molar-refractivity contribution in [1.29, 1.82) is 5.26 Å². The van der Waals surface area contributed by atoms with E-state index in [1.807, 2.05) is 48.7 Å². The van der Waals surface area contributed by atoms with E-state index in [0.29, 0.717) is 23.7 Å². The van der Waals surface area contributed by atoms with E-state index in [1.165, 1.54) is 11.8 Å². The average molecular weight is 349 g/mol. The van der Waals surface area contributed by atoms with Crippen LogP contribution in [0.4, 0.5) is 5.69 Å². The molecular weight excluding hydrogens is 330 g/mol. The third-order valence-corrected chi connectivity index (χ3v) is 4.72. The number of rotatable bonds is 6. The lowest BCUT2D eigenvalue weighted by Crippen LogP contribution is -2.27. The maximum absolute atomic E-state index is 9.78. The number of anilines is 1. The molecule has 1 heterocycles. The fourth-order valence-electron chi connectivity index (χ4n) is 2.94. The predicted octanol–water partition coefficient (Wildman–Crippen LogP) is 3.83. The quantitative estimate of drug-likeness (QED) is 0.686. The number of aliphatic hydroxyl groups is 1. The molecule has 4 nitrogen and oxygen atoms in total. The highest BCUT2D eigenvalue weighted by atomic mass is 32.2. The third kappa shape index (κ3) is 3.60. The van der Waals surface area contributed by atoms with Crippen molar-refractivity contribution in [2.24, 2.45) is 0 Å². The zero-order chi connectivity index (χ0) is 17.6. The number of aliphatic hydroxyl groups excluding tert-OH is 1. The smallest absolute Gasteiger partial charge is 0.116 e. The van der Waals surface area contributed by atoms with Crippen LogP contribution in [-0.4, -0.2) is 29.5 Å². The maximum atomic E-state index is 9.78. The van der Waals surface area contributed by atoms with Gasteiger partial charge < -0.3 is 10.0 Å². The predicted molar refractivity (Wildman–Crippen MR) is 103 cm³/mol. The number of fused-ring (bicyclic) bond motifs is 1. The van der Waals surface area contributed by atoms with E-state index < -0.39 is 0 Å². The molecular formula is C20H19N3OS. The molecule has 0 radical (unpaired) electrons. The Kier molecular flexibility index (Phi) is 5.54. The number of thioether (sulfide) groups is 1. The molecule has 0 saturated carbocycles. The molecule has 3 rings (SSSR count). The second-order valence-electron chi connectivity index (χ2n) is 5.60. The normalized spacial score (nSPS) is 10.6. The van der Waals surface area contributed by atoms with Crippen LogP contribution in [0.25, 0.3) is 10.9 Å². The Morgan fingerprint density at radius 2 is 1.84 bits per heavy atom. The summed E-state index contributed by atoms with van der Waals surface area (Å²) in [6.45, 7) is 1.09. The lowest BCUT2D eigenvalue weighted by molar-refractivity contribution is 0.301. The first-order chi connectivity index (χ1) is 12.3. The lowest BCUT2D eigenvalue weighted by atomic mass is 10.1. The number of aromatic nitrogens is 1. The third-order valence-electron chi connectivity index (χ3n) is 4.04. The van der Waals surface area contributed by atoms with Crippen LogP contribution in [0.3, 0.4) is 0 Å².